The summed E-state index contributed by atoms with van der Waals surface area (Å²) in [6.07, 6.45) is 1.37. The lowest BCUT2D eigenvalue weighted by molar-refractivity contribution is -0.147. The number of carbonyl (C=O) groups is 3. The van der Waals surface area contributed by atoms with E-state index in [0.29, 0.717) is 5.03 Å². The van der Waals surface area contributed by atoms with E-state index in [-0.39, 0.29) is 22.5 Å². The smallest absolute Gasteiger partial charge is 0.336 e. The fourth-order valence-electron chi connectivity index (χ4n) is 3.44. The Morgan fingerprint density at radius 2 is 1.67 bits per heavy atom. The van der Waals surface area contributed by atoms with Crippen LogP contribution in [0, 0.1) is 13.8 Å². The van der Waals surface area contributed by atoms with Crippen LogP contribution in [0.15, 0.2) is 45.0 Å². The monoisotopic (exact) mass is 429 g/mol. The van der Waals surface area contributed by atoms with Crippen LogP contribution in [0.3, 0.4) is 0 Å². The van der Waals surface area contributed by atoms with Gasteiger partial charge in [-0.2, -0.15) is 0 Å². The van der Waals surface area contributed by atoms with Crippen molar-refractivity contribution in [3.05, 3.63) is 61.7 Å². The molecule has 1 atom stereocenters. The van der Waals surface area contributed by atoms with Crippen LogP contribution in [0.4, 0.5) is 0 Å². The molecule has 0 aromatic heterocycles. The van der Waals surface area contributed by atoms with Gasteiger partial charge in [0.1, 0.15) is 5.75 Å². The van der Waals surface area contributed by atoms with Gasteiger partial charge in [0.05, 0.1) is 36.0 Å². The summed E-state index contributed by atoms with van der Waals surface area (Å²) in [6, 6.07) is 2.09. The van der Waals surface area contributed by atoms with Crippen LogP contribution in [0.25, 0.3) is 0 Å². The second kappa shape index (κ2) is 8.02. The second-order valence-electron chi connectivity index (χ2n) is 7.13. The summed E-state index contributed by atoms with van der Waals surface area (Å²) in [5, 5.41) is 10.9. The van der Waals surface area contributed by atoms with Crippen LogP contribution in [-0.2, 0) is 19.1 Å². The van der Waals surface area contributed by atoms with Crippen molar-refractivity contribution in [1.82, 2.24) is 4.90 Å². The molecule has 8 heteroatoms. The number of aromatic hydroxyl groups is 1. The van der Waals surface area contributed by atoms with Gasteiger partial charge in [0.25, 0.3) is 0 Å². The van der Waals surface area contributed by atoms with Gasteiger partial charge in [-0.1, -0.05) is 11.8 Å². The van der Waals surface area contributed by atoms with Crippen molar-refractivity contribution in [2.75, 3.05) is 14.2 Å². The Labute approximate surface area is 179 Å². The summed E-state index contributed by atoms with van der Waals surface area (Å²) in [6.45, 7) is 7.36. The summed E-state index contributed by atoms with van der Waals surface area (Å²) < 4.78 is 9.80. The zero-order valence-corrected chi connectivity index (χ0v) is 18.5. The first-order chi connectivity index (χ1) is 14.1. The van der Waals surface area contributed by atoms with Gasteiger partial charge in [0, 0.05) is 10.6 Å². The molecule has 7 nitrogen and oxygen atoms in total. The van der Waals surface area contributed by atoms with E-state index < -0.39 is 23.8 Å². The number of carbonyl (C=O) groups excluding carboxylic acids is 3. The molecule has 2 heterocycles. The van der Waals surface area contributed by atoms with Crippen LogP contribution in [0.5, 0.6) is 5.75 Å². The number of allylic oxidation sites excluding steroid dienone is 4. The standard InChI is InChI=1S/C22H23NO6S/c1-10-7-14(17(24)8-11(10)2)19(25)16-9-15(21(26)28-5)18(22(27)29-6)23-12(3)13(4)30-20(16)23/h7-9,18,24H,1-6H3. The van der Waals surface area contributed by atoms with Gasteiger partial charge in [-0.25, -0.2) is 9.59 Å². The van der Waals surface area contributed by atoms with Gasteiger partial charge >= 0.3 is 11.9 Å². The largest absolute Gasteiger partial charge is 0.507 e. The van der Waals surface area contributed by atoms with E-state index >= 15 is 0 Å². The van der Waals surface area contributed by atoms with Crippen LogP contribution in [0.1, 0.15) is 35.3 Å². The molecule has 158 valence electrons. The topological polar surface area (TPSA) is 93.1 Å². The number of Topliss-reactive ketones (excluding diaryl/α,β-unsaturated/α-hetero) is 1. The highest BCUT2D eigenvalue weighted by atomic mass is 32.2. The number of aryl methyl sites for hydroxylation is 2. The lowest BCUT2D eigenvalue weighted by Gasteiger charge is -2.34. The molecule has 1 aromatic rings. The number of hydrogen-bond acceptors (Lipinski definition) is 8. The number of ether oxygens (including phenoxy) is 2. The van der Waals surface area contributed by atoms with Crippen LogP contribution in [-0.4, -0.2) is 48.0 Å². The first-order valence-electron chi connectivity index (χ1n) is 9.23. The number of nitrogens with zero attached hydrogens (tertiary/aromatic N) is 1. The maximum Gasteiger partial charge on any atom is 0.336 e. The molecule has 0 radical (unpaired) electrons. The highest BCUT2D eigenvalue weighted by Gasteiger charge is 2.45. The molecule has 0 fully saturated rings. The van der Waals surface area contributed by atoms with E-state index in [2.05, 4.69) is 0 Å². The summed E-state index contributed by atoms with van der Waals surface area (Å²) in [4.78, 5) is 41.1. The number of benzene rings is 1. The number of fused-ring (bicyclic) bond motifs is 1. The van der Waals surface area contributed by atoms with Gasteiger partial charge in [0.2, 0.25) is 0 Å². The number of phenols is 1. The van der Waals surface area contributed by atoms with Crippen LogP contribution < -0.4 is 0 Å². The first kappa shape index (κ1) is 21.7. The Morgan fingerprint density at radius 3 is 2.27 bits per heavy atom. The third-order valence-corrected chi connectivity index (χ3v) is 6.58. The van der Waals surface area contributed by atoms with Gasteiger partial charge in [-0.15, -0.1) is 0 Å². The highest BCUT2D eigenvalue weighted by Crippen LogP contribution is 2.48. The third-order valence-electron chi connectivity index (χ3n) is 5.37. The molecule has 2 aliphatic heterocycles. The second-order valence-corrected chi connectivity index (χ2v) is 8.34. The number of rotatable bonds is 4. The SMILES string of the molecule is COC(=O)C1=CC(C(=O)c2cc(C)c(C)cc2O)=C2SC(C)=C(C)N2C1C(=O)OC. The minimum absolute atomic E-state index is 0.00516. The molecule has 0 saturated carbocycles. The van der Waals surface area contributed by atoms with Crippen molar-refractivity contribution in [3.63, 3.8) is 0 Å². The van der Waals surface area contributed by atoms with Crippen LogP contribution in [0.2, 0.25) is 0 Å². The predicted octanol–water partition coefficient (Wildman–Crippen LogP) is 3.36. The lowest BCUT2D eigenvalue weighted by atomic mass is 9.92. The molecule has 3 rings (SSSR count). The molecule has 1 aromatic carbocycles. The van der Waals surface area contributed by atoms with Gasteiger partial charge in [-0.05, 0) is 57.0 Å². The normalized spacial score (nSPS) is 18.3. The zero-order valence-electron chi connectivity index (χ0n) is 17.7. The lowest BCUT2D eigenvalue weighted by Crippen LogP contribution is -2.44. The Balaban J connectivity index is 2.24. The van der Waals surface area contributed by atoms with Crippen molar-refractivity contribution in [1.29, 1.82) is 0 Å². The molecule has 2 aliphatic rings. The van der Waals surface area contributed by atoms with E-state index in [0.717, 1.165) is 21.7 Å². The molecule has 1 N–H and O–H groups in total. The number of methoxy groups -OCH3 is 2. The van der Waals surface area contributed by atoms with E-state index in [4.69, 9.17) is 9.47 Å². The minimum Gasteiger partial charge on any atom is -0.507 e. The fourth-order valence-corrected chi connectivity index (χ4v) is 4.58. The number of esters is 2. The van der Waals surface area contributed by atoms with Crippen molar-refractivity contribution < 1.29 is 29.0 Å². The Kier molecular flexibility index (Phi) is 5.81. The number of ketones is 1. The molecular weight excluding hydrogens is 406 g/mol. The van der Waals surface area contributed by atoms with E-state index in [1.807, 2.05) is 20.8 Å². The molecule has 0 bridgehead atoms. The van der Waals surface area contributed by atoms with Crippen LogP contribution >= 0.6 is 11.8 Å². The average Bonchev–Trinajstić information content (AvgIpc) is 3.02. The van der Waals surface area contributed by atoms with Gasteiger partial charge in [-0.3, -0.25) is 4.79 Å². The van der Waals surface area contributed by atoms with Crippen molar-refractivity contribution in [3.8, 4) is 5.75 Å². The molecule has 30 heavy (non-hydrogen) atoms. The Bertz CT molecular complexity index is 1070. The van der Waals surface area contributed by atoms with E-state index in [1.165, 1.54) is 38.1 Å². The fraction of sp³-hybridized carbons (Fsp3) is 0.318. The number of thioether (sulfide) groups is 1. The maximum absolute atomic E-state index is 13.5. The summed E-state index contributed by atoms with van der Waals surface area (Å²) in [7, 11) is 2.45. The van der Waals surface area contributed by atoms with E-state index in [1.54, 1.807) is 17.9 Å². The minimum atomic E-state index is -1.06. The van der Waals surface area contributed by atoms with E-state index in [9.17, 15) is 19.5 Å². The molecular formula is C22H23NO6S. The maximum atomic E-state index is 13.5. The molecule has 1 unspecified atom stereocenters. The molecule has 0 aliphatic carbocycles. The van der Waals surface area contributed by atoms with Gasteiger partial charge < -0.3 is 19.5 Å². The highest BCUT2D eigenvalue weighted by molar-refractivity contribution is 8.07. The number of phenolic OH excluding ortho intramolecular Hbond substituents is 1. The third kappa shape index (κ3) is 3.41. The zero-order chi connectivity index (χ0) is 22.3. The Morgan fingerprint density at radius 1 is 1.03 bits per heavy atom. The van der Waals surface area contributed by atoms with Crippen molar-refractivity contribution in [2.24, 2.45) is 0 Å². The average molecular weight is 429 g/mol. The van der Waals surface area contributed by atoms with Crippen molar-refractivity contribution in [2.45, 2.75) is 33.7 Å². The Hall–Kier alpha value is -3.00. The predicted molar refractivity (Wildman–Crippen MR) is 113 cm³/mol. The first-order valence-corrected chi connectivity index (χ1v) is 10.1. The molecule has 0 saturated heterocycles. The quantitative estimate of drug-likeness (QED) is 0.575. The number of hydrogen-bond donors (Lipinski definition) is 1. The van der Waals surface area contributed by atoms with Crippen molar-refractivity contribution >= 4 is 29.5 Å². The van der Waals surface area contributed by atoms with Gasteiger partial charge in [0.15, 0.2) is 11.8 Å². The summed E-state index contributed by atoms with van der Waals surface area (Å²) in [5.74, 6) is -1.97. The summed E-state index contributed by atoms with van der Waals surface area (Å²) >= 11 is 1.33. The molecule has 0 amide bonds. The summed E-state index contributed by atoms with van der Waals surface area (Å²) in [5.41, 5.74) is 2.76. The molecule has 0 spiro atoms.